The van der Waals surface area contributed by atoms with Gasteiger partial charge in [0, 0.05) is 36.9 Å². The summed E-state index contributed by atoms with van der Waals surface area (Å²) >= 11 is 12.3. The van der Waals surface area contributed by atoms with Crippen molar-refractivity contribution in [3.63, 3.8) is 0 Å². The standard InChI is InChI=1S/C21H22Cl2N6O/c1-30-16-5-3-15(4-6-16)28-8-10-29(11-9-28)21-19(24)20(25-13-26-21)27-18-12-14(22)2-7-17(18)23/h2-7,12-13H,8-11,24H2,1H3,(H,25,26,27). The van der Waals surface area contributed by atoms with Gasteiger partial charge >= 0.3 is 0 Å². The first kappa shape index (κ1) is 20.4. The number of nitrogens with zero attached hydrogens (tertiary/aromatic N) is 4. The number of nitrogen functional groups attached to an aromatic ring is 1. The van der Waals surface area contributed by atoms with E-state index in [1.54, 1.807) is 25.3 Å². The second-order valence-electron chi connectivity index (χ2n) is 6.88. The fourth-order valence-corrected chi connectivity index (χ4v) is 3.77. The van der Waals surface area contributed by atoms with Crippen molar-refractivity contribution in [2.45, 2.75) is 0 Å². The number of anilines is 5. The van der Waals surface area contributed by atoms with Crippen LogP contribution in [0.3, 0.4) is 0 Å². The van der Waals surface area contributed by atoms with Crippen molar-refractivity contribution in [2.24, 2.45) is 0 Å². The third kappa shape index (κ3) is 4.32. The van der Waals surface area contributed by atoms with Crippen molar-refractivity contribution < 1.29 is 4.74 Å². The van der Waals surface area contributed by atoms with Gasteiger partial charge in [0.05, 0.1) is 17.8 Å². The molecule has 0 radical (unpaired) electrons. The zero-order valence-corrected chi connectivity index (χ0v) is 18.0. The summed E-state index contributed by atoms with van der Waals surface area (Å²) in [6.07, 6.45) is 1.50. The first-order valence-electron chi connectivity index (χ1n) is 9.51. The Morgan fingerprint density at radius 2 is 1.67 bits per heavy atom. The molecule has 3 aromatic rings. The van der Waals surface area contributed by atoms with Crippen molar-refractivity contribution in [1.29, 1.82) is 0 Å². The van der Waals surface area contributed by atoms with E-state index in [1.807, 2.05) is 12.1 Å². The maximum absolute atomic E-state index is 6.40. The first-order valence-corrected chi connectivity index (χ1v) is 10.3. The van der Waals surface area contributed by atoms with E-state index >= 15 is 0 Å². The van der Waals surface area contributed by atoms with Crippen molar-refractivity contribution in [2.75, 3.05) is 54.1 Å². The fourth-order valence-electron chi connectivity index (χ4n) is 3.43. The van der Waals surface area contributed by atoms with Crippen LogP contribution in [-0.2, 0) is 0 Å². The molecule has 1 aromatic heterocycles. The zero-order valence-electron chi connectivity index (χ0n) is 16.5. The first-order chi connectivity index (χ1) is 14.5. The van der Waals surface area contributed by atoms with E-state index in [9.17, 15) is 0 Å². The van der Waals surface area contributed by atoms with Crippen molar-refractivity contribution >= 4 is 51.9 Å². The van der Waals surface area contributed by atoms with Crippen molar-refractivity contribution in [3.05, 3.63) is 58.8 Å². The van der Waals surface area contributed by atoms with Gasteiger partial charge in [-0.1, -0.05) is 23.2 Å². The lowest BCUT2D eigenvalue weighted by Gasteiger charge is -2.37. The molecule has 3 N–H and O–H groups in total. The van der Waals surface area contributed by atoms with Crippen LogP contribution in [0.1, 0.15) is 0 Å². The SMILES string of the molecule is COc1ccc(N2CCN(c3ncnc(Nc4cc(Cl)ccc4Cl)c3N)CC2)cc1. The van der Waals surface area contributed by atoms with E-state index in [2.05, 4.69) is 37.2 Å². The lowest BCUT2D eigenvalue weighted by molar-refractivity contribution is 0.415. The molecule has 1 aliphatic rings. The number of hydrogen-bond donors (Lipinski definition) is 2. The summed E-state index contributed by atoms with van der Waals surface area (Å²) in [5, 5.41) is 4.27. The monoisotopic (exact) mass is 444 g/mol. The van der Waals surface area contributed by atoms with E-state index in [0.717, 1.165) is 31.9 Å². The number of aromatic nitrogens is 2. The van der Waals surface area contributed by atoms with E-state index in [-0.39, 0.29) is 0 Å². The Morgan fingerprint density at radius 3 is 2.37 bits per heavy atom. The van der Waals surface area contributed by atoms with Gasteiger partial charge in [-0.25, -0.2) is 9.97 Å². The molecule has 4 rings (SSSR count). The average Bonchev–Trinajstić information content (AvgIpc) is 2.78. The summed E-state index contributed by atoms with van der Waals surface area (Å²) in [6.45, 7) is 3.31. The summed E-state index contributed by atoms with van der Waals surface area (Å²) in [4.78, 5) is 13.2. The highest BCUT2D eigenvalue weighted by Crippen LogP contribution is 2.33. The molecule has 0 unspecified atom stereocenters. The van der Waals surface area contributed by atoms with Crippen LogP contribution in [0, 0.1) is 0 Å². The summed E-state index contributed by atoms with van der Waals surface area (Å²) < 4.78 is 5.24. The maximum Gasteiger partial charge on any atom is 0.159 e. The van der Waals surface area contributed by atoms with Crippen LogP contribution < -0.4 is 25.6 Å². The molecule has 1 fully saturated rings. The summed E-state index contributed by atoms with van der Waals surface area (Å²) in [6, 6.07) is 13.3. The van der Waals surface area contributed by atoms with E-state index in [1.165, 1.54) is 12.0 Å². The molecule has 0 atom stereocenters. The molecule has 30 heavy (non-hydrogen) atoms. The topological polar surface area (TPSA) is 79.5 Å². The van der Waals surface area contributed by atoms with Crippen LogP contribution in [0.15, 0.2) is 48.8 Å². The number of ether oxygens (including phenoxy) is 1. The molecular weight excluding hydrogens is 423 g/mol. The third-order valence-corrected chi connectivity index (χ3v) is 5.63. The Labute approximate surface area is 185 Å². The smallest absolute Gasteiger partial charge is 0.159 e. The highest BCUT2D eigenvalue weighted by Gasteiger charge is 2.22. The van der Waals surface area contributed by atoms with Gasteiger partial charge in [0.15, 0.2) is 11.6 Å². The Kier molecular flexibility index (Phi) is 6.01. The number of rotatable bonds is 5. The minimum Gasteiger partial charge on any atom is -0.497 e. The van der Waals surface area contributed by atoms with Gasteiger partial charge in [0.25, 0.3) is 0 Å². The third-order valence-electron chi connectivity index (χ3n) is 5.06. The van der Waals surface area contributed by atoms with Crippen LogP contribution in [0.2, 0.25) is 10.0 Å². The Morgan fingerprint density at radius 1 is 0.967 bits per heavy atom. The largest absolute Gasteiger partial charge is 0.497 e. The molecule has 0 bridgehead atoms. The Bertz CT molecular complexity index is 1020. The number of halogens is 2. The predicted octanol–water partition coefficient (Wildman–Crippen LogP) is 4.44. The number of benzene rings is 2. The van der Waals surface area contributed by atoms with Crippen LogP contribution >= 0.6 is 23.2 Å². The molecule has 1 aliphatic heterocycles. The second kappa shape index (κ2) is 8.85. The van der Waals surface area contributed by atoms with Gasteiger partial charge < -0.3 is 25.6 Å². The number of methoxy groups -OCH3 is 1. The summed E-state index contributed by atoms with van der Waals surface area (Å²) in [5.74, 6) is 2.06. The number of nitrogens with two attached hydrogens (primary N) is 1. The molecule has 156 valence electrons. The van der Waals surface area contributed by atoms with E-state index in [4.69, 9.17) is 33.7 Å². The lowest BCUT2D eigenvalue weighted by Crippen LogP contribution is -2.47. The highest BCUT2D eigenvalue weighted by atomic mass is 35.5. The molecule has 0 amide bonds. The minimum absolute atomic E-state index is 0.478. The van der Waals surface area contributed by atoms with Crippen molar-refractivity contribution in [1.82, 2.24) is 9.97 Å². The van der Waals surface area contributed by atoms with Crippen LogP contribution in [0.25, 0.3) is 0 Å². The molecule has 0 saturated carbocycles. The molecule has 0 aliphatic carbocycles. The van der Waals surface area contributed by atoms with Crippen molar-refractivity contribution in [3.8, 4) is 5.75 Å². The summed E-state index contributed by atoms with van der Waals surface area (Å²) in [7, 11) is 1.67. The fraction of sp³-hybridized carbons (Fsp3) is 0.238. The van der Waals surface area contributed by atoms with Gasteiger partial charge in [-0.15, -0.1) is 0 Å². The summed E-state index contributed by atoms with van der Waals surface area (Å²) in [5.41, 5.74) is 8.69. The molecule has 2 heterocycles. The number of nitrogens with one attached hydrogen (secondary N) is 1. The number of hydrogen-bond acceptors (Lipinski definition) is 7. The van der Waals surface area contributed by atoms with Crippen LogP contribution in [0.5, 0.6) is 5.75 Å². The molecule has 1 saturated heterocycles. The molecule has 0 spiro atoms. The Hall–Kier alpha value is -2.90. The molecular formula is C21H22Cl2N6O. The van der Waals surface area contributed by atoms with Gasteiger partial charge in [-0.05, 0) is 42.5 Å². The quantitative estimate of drug-likeness (QED) is 0.601. The van der Waals surface area contributed by atoms with Crippen LogP contribution in [-0.4, -0.2) is 43.3 Å². The van der Waals surface area contributed by atoms with Gasteiger partial charge in [-0.2, -0.15) is 0 Å². The zero-order chi connectivity index (χ0) is 21.1. The minimum atomic E-state index is 0.478. The normalized spacial score (nSPS) is 14.0. The van der Waals surface area contributed by atoms with Gasteiger partial charge in [0.2, 0.25) is 0 Å². The van der Waals surface area contributed by atoms with Gasteiger partial charge in [-0.3, -0.25) is 0 Å². The maximum atomic E-state index is 6.40. The van der Waals surface area contributed by atoms with E-state index < -0.39 is 0 Å². The lowest BCUT2D eigenvalue weighted by atomic mass is 10.2. The van der Waals surface area contributed by atoms with Gasteiger partial charge in [0.1, 0.15) is 17.8 Å². The predicted molar refractivity (Wildman–Crippen MR) is 124 cm³/mol. The second-order valence-corrected chi connectivity index (χ2v) is 7.72. The number of piperazine rings is 1. The average molecular weight is 445 g/mol. The molecule has 9 heteroatoms. The van der Waals surface area contributed by atoms with Crippen LogP contribution in [0.4, 0.5) is 28.7 Å². The van der Waals surface area contributed by atoms with E-state index in [0.29, 0.717) is 33.1 Å². The molecule has 7 nitrogen and oxygen atoms in total. The molecule has 2 aromatic carbocycles. The Balaban J connectivity index is 1.47. The highest BCUT2D eigenvalue weighted by molar-refractivity contribution is 6.35.